The number of hydrogen-bond acceptors (Lipinski definition) is 3. The maximum Gasteiger partial charge on any atom is 0.164 e. The summed E-state index contributed by atoms with van der Waals surface area (Å²) < 4.78 is 7.70. The second kappa shape index (κ2) is 5.42. The minimum atomic E-state index is 0.0700. The Labute approximate surface area is 97.7 Å². The van der Waals surface area contributed by atoms with Gasteiger partial charge in [-0.1, -0.05) is 0 Å². The van der Waals surface area contributed by atoms with E-state index in [4.69, 9.17) is 4.74 Å². The Kier molecular flexibility index (Phi) is 4.47. The molecule has 0 fully saturated rings. The molecule has 1 aromatic rings. The third-order valence-corrected chi connectivity index (χ3v) is 3.12. The molecule has 1 rings (SSSR count). The minimum absolute atomic E-state index is 0.0700. The van der Waals surface area contributed by atoms with Gasteiger partial charge in [0.15, 0.2) is 5.78 Å². The van der Waals surface area contributed by atoms with Gasteiger partial charge in [-0.2, -0.15) is 5.10 Å². The number of hydrogen-bond donors (Lipinski definition) is 0. The Bertz CT molecular complexity index is 361. The minimum Gasteiger partial charge on any atom is -0.374 e. The highest BCUT2D eigenvalue weighted by Crippen LogP contribution is 2.20. The Morgan fingerprint density at radius 3 is 2.73 bits per heavy atom. The zero-order chi connectivity index (χ0) is 11.4. The quantitative estimate of drug-likeness (QED) is 0.820. The summed E-state index contributed by atoms with van der Waals surface area (Å²) in [6.07, 6.45) is 0.359. The lowest BCUT2D eigenvalue weighted by Crippen LogP contribution is -2.14. The molecule has 0 aliphatic rings. The first-order chi connectivity index (χ1) is 7.06. The Balaban J connectivity index is 2.68. The van der Waals surface area contributed by atoms with Crippen molar-refractivity contribution in [1.29, 1.82) is 0 Å². The van der Waals surface area contributed by atoms with E-state index in [0.29, 0.717) is 13.0 Å². The zero-order valence-corrected chi connectivity index (χ0v) is 10.8. The standard InChI is InChI=1S/C10H15BrN2O2/c1-4-15-6-8(14)5-9-10(11)7(2)12-13(9)3/h4-6H2,1-3H3. The van der Waals surface area contributed by atoms with Gasteiger partial charge in [0.1, 0.15) is 6.61 Å². The zero-order valence-electron chi connectivity index (χ0n) is 9.21. The number of aryl methyl sites for hydroxylation is 2. The first-order valence-corrected chi connectivity index (χ1v) is 5.63. The summed E-state index contributed by atoms with van der Waals surface area (Å²) in [5.41, 5.74) is 1.80. The van der Waals surface area contributed by atoms with E-state index in [1.165, 1.54) is 0 Å². The smallest absolute Gasteiger partial charge is 0.164 e. The van der Waals surface area contributed by atoms with Crippen LogP contribution in [0.25, 0.3) is 0 Å². The van der Waals surface area contributed by atoms with Crippen molar-refractivity contribution < 1.29 is 9.53 Å². The molecule has 0 spiro atoms. The summed E-state index contributed by atoms with van der Waals surface area (Å²) >= 11 is 3.42. The van der Waals surface area contributed by atoms with Crippen molar-refractivity contribution in [3.63, 3.8) is 0 Å². The van der Waals surface area contributed by atoms with E-state index in [2.05, 4.69) is 21.0 Å². The molecule has 1 heterocycles. The van der Waals surface area contributed by atoms with E-state index >= 15 is 0 Å². The topological polar surface area (TPSA) is 44.1 Å². The number of rotatable bonds is 5. The van der Waals surface area contributed by atoms with Gasteiger partial charge in [-0.3, -0.25) is 9.48 Å². The summed E-state index contributed by atoms with van der Waals surface area (Å²) in [5.74, 6) is 0.0700. The molecule has 0 bridgehead atoms. The fraction of sp³-hybridized carbons (Fsp3) is 0.600. The van der Waals surface area contributed by atoms with Gasteiger partial charge in [0.25, 0.3) is 0 Å². The first-order valence-electron chi connectivity index (χ1n) is 4.83. The monoisotopic (exact) mass is 274 g/mol. The van der Waals surface area contributed by atoms with Crippen LogP contribution in [0.5, 0.6) is 0 Å². The number of nitrogens with zero attached hydrogens (tertiary/aromatic N) is 2. The molecule has 1 aromatic heterocycles. The van der Waals surface area contributed by atoms with Crippen LogP contribution in [-0.4, -0.2) is 28.8 Å². The fourth-order valence-corrected chi connectivity index (χ4v) is 1.80. The third-order valence-electron chi connectivity index (χ3n) is 2.09. The number of carbonyl (C=O) groups is 1. The molecule has 0 radical (unpaired) electrons. The molecule has 0 unspecified atom stereocenters. The average molecular weight is 275 g/mol. The van der Waals surface area contributed by atoms with Crippen LogP contribution in [0.3, 0.4) is 0 Å². The van der Waals surface area contributed by atoms with Gasteiger partial charge >= 0.3 is 0 Å². The third kappa shape index (κ3) is 3.14. The van der Waals surface area contributed by atoms with Crippen molar-refractivity contribution in [3.05, 3.63) is 15.9 Å². The van der Waals surface area contributed by atoms with Gasteiger partial charge < -0.3 is 4.74 Å². The Morgan fingerprint density at radius 2 is 2.27 bits per heavy atom. The van der Waals surface area contributed by atoms with Crippen molar-refractivity contribution in [3.8, 4) is 0 Å². The predicted molar refractivity (Wildman–Crippen MR) is 60.8 cm³/mol. The lowest BCUT2D eigenvalue weighted by atomic mass is 10.2. The van der Waals surface area contributed by atoms with E-state index in [-0.39, 0.29) is 12.4 Å². The van der Waals surface area contributed by atoms with Gasteiger partial charge in [-0.05, 0) is 29.8 Å². The second-order valence-corrected chi connectivity index (χ2v) is 4.12. The summed E-state index contributed by atoms with van der Waals surface area (Å²) in [6.45, 7) is 4.52. The van der Waals surface area contributed by atoms with Crippen LogP contribution in [-0.2, 0) is 23.0 Å². The van der Waals surface area contributed by atoms with Crippen molar-refractivity contribution in [2.45, 2.75) is 20.3 Å². The molecule has 0 saturated carbocycles. The molecule has 4 nitrogen and oxygen atoms in total. The van der Waals surface area contributed by atoms with E-state index in [9.17, 15) is 4.79 Å². The number of ketones is 1. The molecule has 0 amide bonds. The summed E-state index contributed by atoms with van der Waals surface area (Å²) in [5, 5.41) is 4.22. The van der Waals surface area contributed by atoms with E-state index in [0.717, 1.165) is 15.9 Å². The molecule has 15 heavy (non-hydrogen) atoms. The Morgan fingerprint density at radius 1 is 1.60 bits per heavy atom. The molecule has 5 heteroatoms. The highest BCUT2D eigenvalue weighted by molar-refractivity contribution is 9.10. The van der Waals surface area contributed by atoms with Crippen molar-refractivity contribution in [2.24, 2.45) is 7.05 Å². The van der Waals surface area contributed by atoms with Gasteiger partial charge in [0.05, 0.1) is 22.3 Å². The Hall–Kier alpha value is -0.680. The molecule has 0 aliphatic carbocycles. The van der Waals surface area contributed by atoms with Crippen LogP contribution in [0.15, 0.2) is 4.47 Å². The maximum atomic E-state index is 11.5. The molecule has 84 valence electrons. The average Bonchev–Trinajstić information content (AvgIpc) is 2.42. The van der Waals surface area contributed by atoms with Gasteiger partial charge in [0.2, 0.25) is 0 Å². The van der Waals surface area contributed by atoms with Gasteiger partial charge in [0, 0.05) is 13.7 Å². The molecule has 0 aromatic carbocycles. The van der Waals surface area contributed by atoms with Crippen LogP contribution < -0.4 is 0 Å². The fourth-order valence-electron chi connectivity index (χ4n) is 1.33. The van der Waals surface area contributed by atoms with Crippen LogP contribution in [0.4, 0.5) is 0 Å². The predicted octanol–water partition coefficient (Wildman–Crippen LogP) is 1.64. The molecule has 0 saturated heterocycles. The molecular formula is C10H15BrN2O2. The number of aromatic nitrogens is 2. The van der Waals surface area contributed by atoms with Crippen LogP contribution >= 0.6 is 15.9 Å². The number of halogens is 1. The maximum absolute atomic E-state index is 11.5. The van der Waals surface area contributed by atoms with Crippen LogP contribution in [0.2, 0.25) is 0 Å². The lowest BCUT2D eigenvalue weighted by Gasteiger charge is -2.02. The molecule has 0 N–H and O–H groups in total. The van der Waals surface area contributed by atoms with Gasteiger partial charge in [-0.25, -0.2) is 0 Å². The molecule has 0 aliphatic heterocycles. The molecular weight excluding hydrogens is 260 g/mol. The lowest BCUT2D eigenvalue weighted by molar-refractivity contribution is -0.122. The number of ether oxygens (including phenoxy) is 1. The number of Topliss-reactive ketones (excluding diaryl/α,β-unsaturated/α-hetero) is 1. The van der Waals surface area contributed by atoms with Crippen LogP contribution in [0.1, 0.15) is 18.3 Å². The van der Waals surface area contributed by atoms with E-state index in [1.54, 1.807) is 4.68 Å². The summed E-state index contributed by atoms with van der Waals surface area (Å²) in [7, 11) is 1.83. The molecule has 0 atom stereocenters. The van der Waals surface area contributed by atoms with Crippen molar-refractivity contribution >= 4 is 21.7 Å². The highest BCUT2D eigenvalue weighted by atomic mass is 79.9. The largest absolute Gasteiger partial charge is 0.374 e. The van der Waals surface area contributed by atoms with E-state index < -0.39 is 0 Å². The van der Waals surface area contributed by atoms with E-state index in [1.807, 2.05) is 20.9 Å². The second-order valence-electron chi connectivity index (χ2n) is 3.32. The normalized spacial score (nSPS) is 10.7. The SMILES string of the molecule is CCOCC(=O)Cc1c(Br)c(C)nn1C. The van der Waals surface area contributed by atoms with Crippen LogP contribution in [0, 0.1) is 6.92 Å². The highest BCUT2D eigenvalue weighted by Gasteiger charge is 2.14. The van der Waals surface area contributed by atoms with Crippen molar-refractivity contribution in [1.82, 2.24) is 9.78 Å². The first kappa shape index (κ1) is 12.4. The summed E-state index contributed by atoms with van der Waals surface area (Å²) in [4.78, 5) is 11.5. The van der Waals surface area contributed by atoms with Gasteiger partial charge in [-0.15, -0.1) is 0 Å². The summed E-state index contributed by atoms with van der Waals surface area (Å²) in [6, 6.07) is 0. The number of carbonyl (C=O) groups excluding carboxylic acids is 1. The van der Waals surface area contributed by atoms with Crippen molar-refractivity contribution in [2.75, 3.05) is 13.2 Å².